The molecule has 2 atom stereocenters. The molecule has 5 heteroatoms. The van der Waals surface area contributed by atoms with E-state index in [1.165, 1.54) is 50.2 Å². The minimum atomic E-state index is -0.366. The van der Waals surface area contributed by atoms with Gasteiger partial charge in [0.05, 0.1) is 12.1 Å². The van der Waals surface area contributed by atoms with Crippen molar-refractivity contribution in [2.24, 2.45) is 16.7 Å². The van der Waals surface area contributed by atoms with E-state index < -0.39 is 0 Å². The number of halogens is 2. The zero-order chi connectivity index (χ0) is 22.6. The normalized spacial score (nSPS) is 32.8. The van der Waals surface area contributed by atoms with Crippen LogP contribution in [-0.2, 0) is 13.2 Å². The molecule has 3 nitrogen and oxygen atoms in total. The summed E-state index contributed by atoms with van der Waals surface area (Å²) in [4.78, 5) is 0. The molecule has 0 radical (unpaired) electrons. The van der Waals surface area contributed by atoms with Crippen LogP contribution in [0, 0.1) is 22.6 Å². The highest BCUT2D eigenvalue weighted by atomic mass is 35.5. The molecular weight excluding hydrogens is 425 g/mol. The van der Waals surface area contributed by atoms with Crippen LogP contribution in [0.1, 0.15) is 63.5 Å². The van der Waals surface area contributed by atoms with E-state index >= 15 is 0 Å². The van der Waals surface area contributed by atoms with Crippen LogP contribution in [0.15, 0.2) is 36.4 Å². The predicted molar refractivity (Wildman–Crippen MR) is 126 cm³/mol. The lowest BCUT2D eigenvalue weighted by Gasteiger charge is -2.65. The standard InChI is InChI=1S/C27H33ClFNO2/c1-25-10-19-11-26(2,15-25)17-27(12-19,16-25)30-13-18-7-8-23(24(9-18)31-3)32-14-20-21(28)5-4-6-22(20)29/h4-9,19,30H,10-17H2,1-3H3. The number of ether oxygens (including phenoxy) is 2. The van der Waals surface area contributed by atoms with Crippen molar-refractivity contribution < 1.29 is 13.9 Å². The summed E-state index contributed by atoms with van der Waals surface area (Å²) in [6.45, 7) is 5.88. The lowest BCUT2D eigenvalue weighted by atomic mass is 9.43. The molecule has 0 heterocycles. The van der Waals surface area contributed by atoms with Gasteiger partial charge in [0.15, 0.2) is 11.5 Å². The predicted octanol–water partition coefficient (Wildman–Crippen LogP) is 6.91. The smallest absolute Gasteiger partial charge is 0.161 e. The van der Waals surface area contributed by atoms with Crippen molar-refractivity contribution in [1.82, 2.24) is 5.32 Å². The van der Waals surface area contributed by atoms with E-state index in [0.29, 0.717) is 32.9 Å². The van der Waals surface area contributed by atoms with Crippen molar-refractivity contribution in [3.05, 3.63) is 58.4 Å². The molecule has 4 saturated carbocycles. The molecule has 1 N–H and O–H groups in total. The van der Waals surface area contributed by atoms with Crippen molar-refractivity contribution in [1.29, 1.82) is 0 Å². The number of hydrogen-bond acceptors (Lipinski definition) is 3. The van der Waals surface area contributed by atoms with E-state index in [4.69, 9.17) is 21.1 Å². The molecule has 2 unspecified atom stereocenters. The van der Waals surface area contributed by atoms with E-state index in [9.17, 15) is 4.39 Å². The number of methoxy groups -OCH3 is 1. The molecule has 0 spiro atoms. The summed E-state index contributed by atoms with van der Waals surface area (Å²) in [6, 6.07) is 10.6. The van der Waals surface area contributed by atoms with Gasteiger partial charge in [0.2, 0.25) is 0 Å². The van der Waals surface area contributed by atoms with Crippen LogP contribution < -0.4 is 14.8 Å². The first-order chi connectivity index (χ1) is 15.2. The van der Waals surface area contributed by atoms with Gasteiger partial charge in [0.25, 0.3) is 0 Å². The molecule has 172 valence electrons. The fourth-order valence-corrected chi connectivity index (χ4v) is 7.91. The third kappa shape index (κ3) is 4.12. The first kappa shape index (κ1) is 22.0. The third-order valence-electron chi connectivity index (χ3n) is 7.96. The maximum absolute atomic E-state index is 14.1. The fraction of sp³-hybridized carbons (Fsp3) is 0.556. The van der Waals surface area contributed by atoms with Crippen molar-refractivity contribution in [3.8, 4) is 11.5 Å². The summed E-state index contributed by atoms with van der Waals surface area (Å²) >= 11 is 6.12. The quantitative estimate of drug-likeness (QED) is 0.490. The van der Waals surface area contributed by atoms with Crippen molar-refractivity contribution >= 4 is 11.6 Å². The third-order valence-corrected chi connectivity index (χ3v) is 8.31. The van der Waals surface area contributed by atoms with Crippen LogP contribution >= 0.6 is 11.6 Å². The summed E-state index contributed by atoms with van der Waals surface area (Å²) in [5.41, 5.74) is 2.76. The Morgan fingerprint density at radius 2 is 1.78 bits per heavy atom. The summed E-state index contributed by atoms with van der Waals surface area (Å²) in [5, 5.41) is 4.34. The van der Waals surface area contributed by atoms with Gasteiger partial charge >= 0.3 is 0 Å². The second kappa shape index (κ2) is 7.92. The van der Waals surface area contributed by atoms with E-state index in [-0.39, 0.29) is 18.0 Å². The molecule has 0 amide bonds. The van der Waals surface area contributed by atoms with Gasteiger partial charge in [0.1, 0.15) is 12.4 Å². The number of benzene rings is 2. The van der Waals surface area contributed by atoms with Crippen molar-refractivity contribution in [3.63, 3.8) is 0 Å². The Kier molecular flexibility index (Phi) is 5.45. The topological polar surface area (TPSA) is 30.5 Å². The molecular formula is C27H33ClFNO2. The maximum atomic E-state index is 14.1. The Labute approximate surface area is 195 Å². The molecule has 4 bridgehead atoms. The second-order valence-electron chi connectivity index (χ2n) is 11.2. The highest BCUT2D eigenvalue weighted by Crippen LogP contribution is 2.66. The minimum Gasteiger partial charge on any atom is -0.493 e. The van der Waals surface area contributed by atoms with Crippen LogP contribution in [0.2, 0.25) is 5.02 Å². The van der Waals surface area contributed by atoms with Gasteiger partial charge in [0, 0.05) is 17.6 Å². The summed E-state index contributed by atoms with van der Waals surface area (Å²) in [6.07, 6.45) is 8.06. The highest BCUT2D eigenvalue weighted by Gasteiger charge is 2.59. The molecule has 32 heavy (non-hydrogen) atoms. The Morgan fingerprint density at radius 1 is 1.03 bits per heavy atom. The second-order valence-corrected chi connectivity index (χ2v) is 11.6. The largest absolute Gasteiger partial charge is 0.493 e. The Bertz CT molecular complexity index is 986. The zero-order valence-corrected chi connectivity index (χ0v) is 20.0. The molecule has 4 fully saturated rings. The molecule has 4 aliphatic carbocycles. The highest BCUT2D eigenvalue weighted by molar-refractivity contribution is 6.31. The zero-order valence-electron chi connectivity index (χ0n) is 19.3. The first-order valence-electron chi connectivity index (χ1n) is 11.7. The Hall–Kier alpha value is -1.78. The summed E-state index contributed by atoms with van der Waals surface area (Å²) in [7, 11) is 1.64. The molecule has 2 aromatic carbocycles. The lowest BCUT2D eigenvalue weighted by Crippen LogP contribution is -2.63. The summed E-state index contributed by atoms with van der Waals surface area (Å²) in [5.74, 6) is 1.74. The van der Waals surface area contributed by atoms with Crippen LogP contribution in [0.25, 0.3) is 0 Å². The molecule has 0 saturated heterocycles. The SMILES string of the molecule is COc1cc(CNC23CC4CC(C)(CC(C)(C4)C2)C3)ccc1OCc1c(F)cccc1Cl. The molecule has 0 aliphatic heterocycles. The van der Waals surface area contributed by atoms with Crippen molar-refractivity contribution in [2.75, 3.05) is 7.11 Å². The van der Waals surface area contributed by atoms with Crippen LogP contribution in [0.5, 0.6) is 11.5 Å². The maximum Gasteiger partial charge on any atom is 0.161 e. The van der Waals surface area contributed by atoms with Crippen LogP contribution in [0.3, 0.4) is 0 Å². The molecule has 0 aromatic heterocycles. The fourth-order valence-electron chi connectivity index (χ4n) is 7.70. The number of rotatable bonds is 7. The monoisotopic (exact) mass is 457 g/mol. The van der Waals surface area contributed by atoms with E-state index in [1.54, 1.807) is 19.2 Å². The first-order valence-corrected chi connectivity index (χ1v) is 12.1. The Morgan fingerprint density at radius 3 is 2.44 bits per heavy atom. The van der Waals surface area contributed by atoms with E-state index in [1.807, 2.05) is 12.1 Å². The van der Waals surface area contributed by atoms with E-state index in [2.05, 4.69) is 25.2 Å². The average molecular weight is 458 g/mol. The van der Waals surface area contributed by atoms with Crippen LogP contribution in [-0.4, -0.2) is 12.6 Å². The Balaban J connectivity index is 1.28. The van der Waals surface area contributed by atoms with Gasteiger partial charge < -0.3 is 14.8 Å². The van der Waals surface area contributed by atoms with Gasteiger partial charge in [-0.2, -0.15) is 0 Å². The van der Waals surface area contributed by atoms with Gasteiger partial charge in [-0.25, -0.2) is 4.39 Å². The van der Waals surface area contributed by atoms with Gasteiger partial charge in [-0.1, -0.05) is 37.6 Å². The van der Waals surface area contributed by atoms with Gasteiger partial charge in [-0.15, -0.1) is 0 Å². The van der Waals surface area contributed by atoms with Gasteiger partial charge in [-0.3, -0.25) is 0 Å². The molecule has 4 aliphatic rings. The van der Waals surface area contributed by atoms with Crippen molar-refractivity contribution in [2.45, 2.75) is 71.1 Å². The summed E-state index contributed by atoms with van der Waals surface area (Å²) < 4.78 is 25.5. The lowest BCUT2D eigenvalue weighted by molar-refractivity contribution is -0.118. The van der Waals surface area contributed by atoms with E-state index in [0.717, 1.165) is 12.5 Å². The average Bonchev–Trinajstić information content (AvgIpc) is 2.70. The van der Waals surface area contributed by atoms with Crippen LogP contribution in [0.4, 0.5) is 4.39 Å². The molecule has 6 rings (SSSR count). The number of nitrogens with one attached hydrogen (secondary N) is 1. The minimum absolute atomic E-state index is 0.0567. The van der Waals surface area contributed by atoms with Gasteiger partial charge in [-0.05, 0) is 85.1 Å². The number of hydrogen-bond donors (Lipinski definition) is 1. The molecule has 2 aromatic rings.